The summed E-state index contributed by atoms with van der Waals surface area (Å²) in [7, 11) is 0. The van der Waals surface area contributed by atoms with Gasteiger partial charge >= 0.3 is 0 Å². The van der Waals surface area contributed by atoms with Gasteiger partial charge in [0.15, 0.2) is 0 Å². The van der Waals surface area contributed by atoms with Gasteiger partial charge in [-0.15, -0.1) is 0 Å². The smallest absolute Gasteiger partial charge is 0.0620 e. The number of hydrogen-bond donors (Lipinski definition) is 0. The third-order valence-corrected chi connectivity index (χ3v) is 12.2. The van der Waals surface area contributed by atoms with Crippen molar-refractivity contribution in [1.82, 2.24) is 8.97 Å². The highest BCUT2D eigenvalue weighted by molar-refractivity contribution is 6.23. The van der Waals surface area contributed by atoms with Crippen LogP contribution < -0.4 is 4.90 Å². The predicted octanol–water partition coefficient (Wildman–Crippen LogP) is 13.9. The third kappa shape index (κ3) is 4.92. The van der Waals surface area contributed by atoms with Gasteiger partial charge in [-0.2, -0.15) is 0 Å². The molecule has 57 heavy (non-hydrogen) atoms. The summed E-state index contributed by atoms with van der Waals surface area (Å²) in [6.07, 6.45) is 5.66. The van der Waals surface area contributed by atoms with Gasteiger partial charge in [0.2, 0.25) is 0 Å². The molecule has 3 nitrogen and oxygen atoms in total. The standard InChI is InChI=1S/C54H37N3/c1-3-12-36(13-4-1)37-22-24-38(25-23-37)39-26-28-41(29-27-39)55(42-30-32-52-48(34-42)45-17-8-9-20-50(45)56(52)40-14-5-2-6-15-40)43-31-33-53-49(35-43)47-19-11-18-46-44-16-7-10-21-51(44)57(53)54(46)47/h1-33,35,42H,34H2. The third-order valence-electron chi connectivity index (χ3n) is 12.2. The van der Waals surface area contributed by atoms with Gasteiger partial charge in [-0.25, -0.2) is 0 Å². The van der Waals surface area contributed by atoms with Crippen molar-refractivity contribution in [2.45, 2.75) is 12.5 Å². The van der Waals surface area contributed by atoms with Crippen molar-refractivity contribution in [3.05, 3.63) is 211 Å². The molecular weight excluding hydrogens is 691 g/mol. The van der Waals surface area contributed by atoms with Crippen LogP contribution in [-0.4, -0.2) is 15.0 Å². The molecule has 0 spiro atoms. The van der Waals surface area contributed by atoms with Crippen molar-refractivity contribution in [3.63, 3.8) is 0 Å². The van der Waals surface area contributed by atoms with Gasteiger partial charge in [-0.3, -0.25) is 0 Å². The topological polar surface area (TPSA) is 12.6 Å². The Morgan fingerprint density at radius 2 is 0.965 bits per heavy atom. The van der Waals surface area contributed by atoms with E-state index < -0.39 is 0 Å². The molecule has 12 rings (SSSR count). The summed E-state index contributed by atoms with van der Waals surface area (Å²) in [5, 5.41) is 6.50. The first-order chi connectivity index (χ1) is 28.3. The number of benzene rings is 8. The number of aromatic nitrogens is 2. The summed E-state index contributed by atoms with van der Waals surface area (Å²) in [4.78, 5) is 2.56. The molecule has 1 aliphatic carbocycles. The molecule has 0 amide bonds. The van der Waals surface area contributed by atoms with Crippen LogP contribution in [0.4, 0.5) is 11.4 Å². The Hall–Kier alpha value is -7.36. The van der Waals surface area contributed by atoms with Crippen molar-refractivity contribution in [3.8, 4) is 27.9 Å². The molecule has 0 radical (unpaired) electrons. The number of nitrogens with zero attached hydrogens (tertiary/aromatic N) is 3. The van der Waals surface area contributed by atoms with E-state index in [0.717, 1.165) is 6.42 Å². The lowest BCUT2D eigenvalue weighted by molar-refractivity contribution is 0.767. The minimum atomic E-state index is 0.0959. The second kappa shape index (κ2) is 12.6. The molecule has 0 aliphatic heterocycles. The molecule has 0 saturated heterocycles. The van der Waals surface area contributed by atoms with E-state index in [1.165, 1.54) is 99.6 Å². The molecule has 1 unspecified atom stereocenters. The van der Waals surface area contributed by atoms with Crippen molar-refractivity contribution >= 4 is 66.4 Å². The van der Waals surface area contributed by atoms with Crippen LogP contribution in [0.2, 0.25) is 0 Å². The van der Waals surface area contributed by atoms with Crippen LogP contribution in [0.15, 0.2) is 200 Å². The maximum Gasteiger partial charge on any atom is 0.0620 e. The van der Waals surface area contributed by atoms with E-state index in [-0.39, 0.29) is 6.04 Å². The molecule has 11 aromatic rings. The van der Waals surface area contributed by atoms with Crippen molar-refractivity contribution < 1.29 is 0 Å². The normalized spacial score (nSPS) is 14.0. The molecule has 0 saturated carbocycles. The molecule has 268 valence electrons. The molecule has 0 bridgehead atoms. The van der Waals surface area contributed by atoms with Crippen molar-refractivity contribution in [1.29, 1.82) is 0 Å². The molecular formula is C54H37N3. The first-order valence-electron chi connectivity index (χ1n) is 19.9. The van der Waals surface area contributed by atoms with Gasteiger partial charge in [0, 0.05) is 49.7 Å². The van der Waals surface area contributed by atoms with Gasteiger partial charge in [-0.05, 0) is 94.9 Å². The summed E-state index contributed by atoms with van der Waals surface area (Å²) in [6, 6.07) is 71.1. The average Bonchev–Trinajstić information content (AvgIpc) is 3.92. The molecule has 1 atom stereocenters. The molecule has 0 fully saturated rings. The Labute approximate surface area is 330 Å². The van der Waals surface area contributed by atoms with E-state index >= 15 is 0 Å². The highest BCUT2D eigenvalue weighted by atomic mass is 15.2. The minimum absolute atomic E-state index is 0.0959. The monoisotopic (exact) mass is 727 g/mol. The van der Waals surface area contributed by atoms with Crippen LogP contribution in [-0.2, 0) is 6.42 Å². The summed E-state index contributed by atoms with van der Waals surface area (Å²) < 4.78 is 4.89. The maximum absolute atomic E-state index is 2.56. The fourth-order valence-electron chi connectivity index (χ4n) is 9.63. The Bertz CT molecular complexity index is 3300. The first kappa shape index (κ1) is 31.9. The van der Waals surface area contributed by atoms with E-state index in [0.29, 0.717) is 0 Å². The first-order valence-corrected chi connectivity index (χ1v) is 19.9. The quantitative estimate of drug-likeness (QED) is 0.166. The summed E-state index contributed by atoms with van der Waals surface area (Å²) >= 11 is 0. The zero-order valence-electron chi connectivity index (χ0n) is 31.3. The van der Waals surface area contributed by atoms with Gasteiger partial charge in [0.25, 0.3) is 0 Å². The van der Waals surface area contributed by atoms with E-state index in [1.807, 2.05) is 0 Å². The van der Waals surface area contributed by atoms with Crippen molar-refractivity contribution in [2.75, 3.05) is 4.90 Å². The summed E-state index contributed by atoms with van der Waals surface area (Å²) in [5.41, 5.74) is 16.1. The predicted molar refractivity (Wildman–Crippen MR) is 240 cm³/mol. The van der Waals surface area contributed by atoms with E-state index in [9.17, 15) is 0 Å². The van der Waals surface area contributed by atoms with Crippen LogP contribution in [0.1, 0.15) is 11.3 Å². The Balaban J connectivity index is 1.00. The molecule has 0 N–H and O–H groups in total. The Kier molecular flexibility index (Phi) is 7.05. The molecule has 1 aliphatic rings. The largest absolute Gasteiger partial charge is 0.334 e. The number of fused-ring (bicyclic) bond motifs is 9. The van der Waals surface area contributed by atoms with E-state index in [1.54, 1.807) is 0 Å². The van der Waals surface area contributed by atoms with Crippen LogP contribution in [0.25, 0.3) is 83.0 Å². The van der Waals surface area contributed by atoms with E-state index in [4.69, 9.17) is 0 Å². The van der Waals surface area contributed by atoms with E-state index in [2.05, 4.69) is 220 Å². The fraction of sp³-hybridized carbons (Fsp3) is 0.0370. The molecule has 8 aromatic carbocycles. The van der Waals surface area contributed by atoms with Gasteiger partial charge in [0.1, 0.15) is 0 Å². The number of para-hydroxylation sites is 4. The zero-order chi connectivity index (χ0) is 37.5. The zero-order valence-corrected chi connectivity index (χ0v) is 31.3. The van der Waals surface area contributed by atoms with Gasteiger partial charge in [0.05, 0.1) is 28.1 Å². The Morgan fingerprint density at radius 3 is 1.70 bits per heavy atom. The summed E-state index contributed by atoms with van der Waals surface area (Å²) in [5.74, 6) is 0. The van der Waals surface area contributed by atoms with Crippen LogP contribution in [0, 0.1) is 0 Å². The molecule has 3 heteroatoms. The van der Waals surface area contributed by atoms with Crippen LogP contribution in [0.5, 0.6) is 0 Å². The summed E-state index contributed by atoms with van der Waals surface area (Å²) in [6.45, 7) is 0. The fourth-order valence-corrected chi connectivity index (χ4v) is 9.63. The Morgan fingerprint density at radius 1 is 0.421 bits per heavy atom. The second-order valence-electron chi connectivity index (χ2n) is 15.3. The van der Waals surface area contributed by atoms with Gasteiger partial charge in [-0.1, -0.05) is 146 Å². The lowest BCUT2D eigenvalue weighted by Gasteiger charge is -2.34. The van der Waals surface area contributed by atoms with Crippen LogP contribution in [0.3, 0.4) is 0 Å². The maximum atomic E-state index is 2.56. The number of hydrogen-bond acceptors (Lipinski definition) is 1. The number of rotatable bonds is 6. The second-order valence-corrected chi connectivity index (χ2v) is 15.3. The van der Waals surface area contributed by atoms with Gasteiger partial charge < -0.3 is 13.9 Å². The minimum Gasteiger partial charge on any atom is -0.334 e. The molecule has 3 aromatic heterocycles. The SMILES string of the molecule is C1=CC(N(c2ccc(-c3ccc(-c4ccccc4)cc3)cc2)c2ccc3c(c2)c2cccc4c5ccccc5n3c42)Cc2c1n(-c1ccccc1)c1ccccc21. The molecule has 3 heterocycles. The number of anilines is 2. The highest BCUT2D eigenvalue weighted by Crippen LogP contribution is 2.43. The van der Waals surface area contributed by atoms with Crippen molar-refractivity contribution in [2.24, 2.45) is 0 Å². The average molecular weight is 728 g/mol. The lowest BCUT2D eigenvalue weighted by atomic mass is 9.94. The lowest BCUT2D eigenvalue weighted by Crippen LogP contribution is -2.33. The van der Waals surface area contributed by atoms with Crippen LogP contribution >= 0.6 is 0 Å². The highest BCUT2D eigenvalue weighted by Gasteiger charge is 2.28.